The van der Waals surface area contributed by atoms with Gasteiger partial charge in [-0.25, -0.2) is 4.39 Å². The van der Waals surface area contributed by atoms with Gasteiger partial charge in [-0.05, 0) is 48.9 Å². The number of aryl methyl sites for hydroxylation is 1. The highest BCUT2D eigenvalue weighted by Gasteiger charge is 2.12. The lowest BCUT2D eigenvalue weighted by Crippen LogP contribution is -2.22. The number of carbonyl (C=O) groups is 1. The van der Waals surface area contributed by atoms with Crippen LogP contribution in [0.3, 0.4) is 0 Å². The molecule has 26 heavy (non-hydrogen) atoms. The number of anilines is 1. The molecule has 0 unspecified atom stereocenters. The first-order chi connectivity index (χ1) is 12.5. The van der Waals surface area contributed by atoms with E-state index in [4.69, 9.17) is 4.74 Å². The van der Waals surface area contributed by atoms with Crippen LogP contribution in [0.1, 0.15) is 15.9 Å². The molecule has 0 aliphatic rings. The first kappa shape index (κ1) is 17.8. The number of aromatic nitrogens is 1. The number of carbonyl (C=O) groups excluding carboxylic acids is 1. The molecule has 0 aliphatic heterocycles. The molecule has 1 N–H and O–H groups in total. The van der Waals surface area contributed by atoms with Gasteiger partial charge in [0.2, 0.25) is 0 Å². The van der Waals surface area contributed by atoms with Gasteiger partial charge in [0, 0.05) is 41.9 Å². The predicted molar refractivity (Wildman–Crippen MR) is 99.2 cm³/mol. The van der Waals surface area contributed by atoms with Crippen LogP contribution in [-0.2, 0) is 11.3 Å². The molecule has 5 nitrogen and oxygen atoms in total. The van der Waals surface area contributed by atoms with Crippen LogP contribution in [0.2, 0.25) is 0 Å². The zero-order valence-corrected chi connectivity index (χ0v) is 14.6. The van der Waals surface area contributed by atoms with Crippen LogP contribution in [0.4, 0.5) is 10.1 Å². The summed E-state index contributed by atoms with van der Waals surface area (Å²) in [6.07, 6.45) is 1.68. The van der Waals surface area contributed by atoms with Gasteiger partial charge < -0.3 is 14.6 Å². The van der Waals surface area contributed by atoms with E-state index in [1.807, 2.05) is 0 Å². The van der Waals surface area contributed by atoms with E-state index in [1.54, 1.807) is 49.1 Å². The van der Waals surface area contributed by atoms with E-state index < -0.39 is 0 Å². The number of halogens is 1. The Labute approximate surface area is 150 Å². The van der Waals surface area contributed by atoms with Crippen molar-refractivity contribution < 1.29 is 13.9 Å². The van der Waals surface area contributed by atoms with Crippen LogP contribution in [-0.4, -0.2) is 24.2 Å². The molecule has 0 saturated carbocycles. The second-order valence-electron chi connectivity index (χ2n) is 5.99. The fourth-order valence-electron chi connectivity index (χ4n) is 2.77. The zero-order chi connectivity index (χ0) is 18.7. The maximum Gasteiger partial charge on any atom is 0.258 e. The number of hydrogen-bond acceptors (Lipinski definition) is 3. The molecule has 134 valence electrons. The van der Waals surface area contributed by atoms with Crippen LogP contribution in [0.25, 0.3) is 10.8 Å². The van der Waals surface area contributed by atoms with Crippen molar-refractivity contribution in [3.8, 4) is 0 Å². The average Bonchev–Trinajstić information content (AvgIpc) is 2.64. The lowest BCUT2D eigenvalue weighted by molar-refractivity contribution is 0.102. The lowest BCUT2D eigenvalue weighted by Gasteiger charge is -2.11. The van der Waals surface area contributed by atoms with E-state index in [-0.39, 0.29) is 17.3 Å². The molecule has 2 aromatic carbocycles. The second-order valence-corrected chi connectivity index (χ2v) is 5.99. The van der Waals surface area contributed by atoms with E-state index >= 15 is 0 Å². The van der Waals surface area contributed by atoms with Gasteiger partial charge in [0.05, 0.1) is 6.61 Å². The molecule has 0 saturated heterocycles. The topological polar surface area (TPSA) is 60.3 Å². The molecule has 1 amide bonds. The largest absolute Gasteiger partial charge is 0.383 e. The van der Waals surface area contributed by atoms with E-state index in [0.29, 0.717) is 40.7 Å². The zero-order valence-electron chi connectivity index (χ0n) is 14.6. The highest BCUT2D eigenvalue weighted by Crippen LogP contribution is 2.22. The minimum atomic E-state index is -0.358. The molecule has 3 rings (SSSR count). The molecule has 0 bridgehead atoms. The SMILES string of the molecule is COCCn1ccc2c(NC(=O)c3ccc(F)c(C)c3)cccc2c1=O. The Kier molecular flexibility index (Phi) is 5.14. The number of nitrogens with one attached hydrogen (secondary N) is 1. The maximum absolute atomic E-state index is 13.4. The van der Waals surface area contributed by atoms with Crippen LogP contribution >= 0.6 is 0 Å². The van der Waals surface area contributed by atoms with Crippen molar-refractivity contribution in [2.45, 2.75) is 13.5 Å². The van der Waals surface area contributed by atoms with E-state index in [1.165, 1.54) is 18.2 Å². The van der Waals surface area contributed by atoms with Crippen molar-refractivity contribution in [3.05, 3.63) is 76.0 Å². The number of pyridine rings is 1. The highest BCUT2D eigenvalue weighted by molar-refractivity contribution is 6.09. The van der Waals surface area contributed by atoms with Gasteiger partial charge in [-0.2, -0.15) is 0 Å². The van der Waals surface area contributed by atoms with Gasteiger partial charge >= 0.3 is 0 Å². The Morgan fingerprint density at radius 2 is 2.00 bits per heavy atom. The summed E-state index contributed by atoms with van der Waals surface area (Å²) in [5.41, 5.74) is 1.14. The van der Waals surface area contributed by atoms with Gasteiger partial charge in [-0.3, -0.25) is 9.59 Å². The molecule has 0 aliphatic carbocycles. The van der Waals surface area contributed by atoms with E-state index in [9.17, 15) is 14.0 Å². The standard InChI is InChI=1S/C20H19FN2O3/c1-13-12-14(6-7-17(13)21)19(24)22-18-5-3-4-16-15(18)8-9-23(20(16)25)10-11-26-2/h3-9,12H,10-11H2,1-2H3,(H,22,24). The minimum Gasteiger partial charge on any atom is -0.383 e. The lowest BCUT2D eigenvalue weighted by atomic mass is 10.1. The first-order valence-electron chi connectivity index (χ1n) is 8.20. The third kappa shape index (κ3) is 3.50. The summed E-state index contributed by atoms with van der Waals surface area (Å²) in [5, 5.41) is 3.97. The third-order valence-corrected chi connectivity index (χ3v) is 4.22. The number of ether oxygens (including phenoxy) is 1. The second kappa shape index (κ2) is 7.49. The third-order valence-electron chi connectivity index (χ3n) is 4.22. The summed E-state index contributed by atoms with van der Waals surface area (Å²) in [6, 6.07) is 11.2. The van der Waals surface area contributed by atoms with Crippen LogP contribution in [0.15, 0.2) is 53.5 Å². The van der Waals surface area contributed by atoms with Crippen molar-refractivity contribution in [3.63, 3.8) is 0 Å². The summed E-state index contributed by atoms with van der Waals surface area (Å²) >= 11 is 0. The Morgan fingerprint density at radius 1 is 1.19 bits per heavy atom. The molecule has 0 fully saturated rings. The molecule has 0 atom stereocenters. The molecule has 0 radical (unpaired) electrons. The van der Waals surface area contributed by atoms with Crippen LogP contribution < -0.4 is 10.9 Å². The van der Waals surface area contributed by atoms with Crippen molar-refractivity contribution in [2.24, 2.45) is 0 Å². The van der Waals surface area contributed by atoms with Crippen molar-refractivity contribution in [2.75, 3.05) is 19.0 Å². The fourth-order valence-corrected chi connectivity index (χ4v) is 2.77. The number of hydrogen-bond donors (Lipinski definition) is 1. The van der Waals surface area contributed by atoms with Gasteiger partial charge in [0.25, 0.3) is 11.5 Å². The number of amides is 1. The Morgan fingerprint density at radius 3 is 2.73 bits per heavy atom. The molecule has 1 aromatic heterocycles. The number of benzene rings is 2. The summed E-state index contributed by atoms with van der Waals surface area (Å²) in [4.78, 5) is 25.1. The fraction of sp³-hybridized carbons (Fsp3) is 0.200. The predicted octanol–water partition coefficient (Wildman–Crippen LogP) is 3.35. The van der Waals surface area contributed by atoms with Crippen LogP contribution in [0.5, 0.6) is 0 Å². The Balaban J connectivity index is 1.95. The van der Waals surface area contributed by atoms with E-state index in [2.05, 4.69) is 5.32 Å². The average molecular weight is 354 g/mol. The Hall–Kier alpha value is -2.99. The Bertz CT molecular complexity index is 1030. The molecular formula is C20H19FN2O3. The summed E-state index contributed by atoms with van der Waals surface area (Å²) < 4.78 is 20.0. The van der Waals surface area contributed by atoms with Gasteiger partial charge in [0.1, 0.15) is 5.82 Å². The molecular weight excluding hydrogens is 335 g/mol. The molecule has 6 heteroatoms. The summed E-state index contributed by atoms with van der Waals surface area (Å²) in [7, 11) is 1.58. The van der Waals surface area contributed by atoms with Crippen LogP contribution in [0, 0.1) is 12.7 Å². The van der Waals surface area contributed by atoms with Gasteiger partial charge in [-0.1, -0.05) is 6.07 Å². The van der Waals surface area contributed by atoms with Crippen molar-refractivity contribution >= 4 is 22.4 Å². The monoisotopic (exact) mass is 354 g/mol. The van der Waals surface area contributed by atoms with Gasteiger partial charge in [-0.15, -0.1) is 0 Å². The normalized spacial score (nSPS) is 10.9. The number of methoxy groups -OCH3 is 1. The first-order valence-corrected chi connectivity index (χ1v) is 8.20. The minimum absolute atomic E-state index is 0.145. The maximum atomic E-state index is 13.4. The quantitative estimate of drug-likeness (QED) is 0.764. The highest BCUT2D eigenvalue weighted by atomic mass is 19.1. The summed E-state index contributed by atoms with van der Waals surface area (Å²) in [6.45, 7) is 2.50. The number of fused-ring (bicyclic) bond motifs is 1. The molecule has 1 heterocycles. The molecule has 3 aromatic rings. The smallest absolute Gasteiger partial charge is 0.258 e. The summed E-state index contributed by atoms with van der Waals surface area (Å²) in [5.74, 6) is -0.715. The van der Waals surface area contributed by atoms with Crippen molar-refractivity contribution in [1.29, 1.82) is 0 Å². The number of nitrogens with zero attached hydrogens (tertiary/aromatic N) is 1. The van der Waals surface area contributed by atoms with Gasteiger partial charge in [0.15, 0.2) is 0 Å². The van der Waals surface area contributed by atoms with E-state index in [0.717, 1.165) is 0 Å². The number of rotatable bonds is 5. The van der Waals surface area contributed by atoms with Crippen molar-refractivity contribution in [1.82, 2.24) is 4.57 Å². The molecule has 0 spiro atoms.